The van der Waals surface area contributed by atoms with E-state index in [1.165, 1.54) is 18.2 Å². The normalized spacial score (nSPS) is 11.7. The van der Waals surface area contributed by atoms with Crippen molar-refractivity contribution in [3.8, 4) is 5.75 Å². The number of rotatable bonds is 6. The Hall–Kier alpha value is -3.36. The molecule has 3 rings (SSSR count). The Balaban J connectivity index is 1.92. The van der Waals surface area contributed by atoms with Gasteiger partial charge in [0.15, 0.2) is 0 Å². The first kappa shape index (κ1) is 20.4. The molecule has 0 bridgehead atoms. The molecular weight excluding hydrogens is 392 g/mol. The Morgan fingerprint density at radius 2 is 1.90 bits per heavy atom. The molecule has 0 radical (unpaired) electrons. The highest BCUT2D eigenvalue weighted by atomic mass is 32.2. The van der Waals surface area contributed by atoms with Crippen LogP contribution in [0.15, 0.2) is 60.7 Å². The minimum atomic E-state index is -3.40. The number of phenols is 1. The molecule has 0 aliphatic rings. The number of phenolic OH excluding ortho intramolecular Hbond substituents is 1. The summed E-state index contributed by atoms with van der Waals surface area (Å²) in [6.45, 7) is -0.130. The van der Waals surface area contributed by atoms with Gasteiger partial charge in [-0.15, -0.1) is 0 Å². The van der Waals surface area contributed by atoms with Crippen molar-refractivity contribution in [3.63, 3.8) is 0 Å². The molecule has 1 amide bonds. The molecule has 0 heterocycles. The highest BCUT2D eigenvalue weighted by Crippen LogP contribution is 2.28. The van der Waals surface area contributed by atoms with Crippen molar-refractivity contribution in [2.24, 2.45) is 0 Å². The molecule has 0 fully saturated rings. The number of aliphatic hydroxyl groups is 1. The smallest absolute Gasteiger partial charge is 0.259 e. The van der Waals surface area contributed by atoms with E-state index in [2.05, 4.69) is 10.0 Å². The van der Waals surface area contributed by atoms with Crippen LogP contribution in [0.1, 0.15) is 15.9 Å². The monoisotopic (exact) mass is 412 g/mol. The van der Waals surface area contributed by atoms with Crippen molar-refractivity contribution >= 4 is 44.2 Å². The fourth-order valence-corrected chi connectivity index (χ4v) is 3.44. The molecule has 0 aliphatic heterocycles. The molecule has 3 aromatic carbocycles. The zero-order chi connectivity index (χ0) is 21.0. The number of fused-ring (bicyclic) bond motifs is 1. The van der Waals surface area contributed by atoms with Gasteiger partial charge in [-0.05, 0) is 41.3 Å². The maximum Gasteiger partial charge on any atom is 0.259 e. The van der Waals surface area contributed by atoms with E-state index in [1.807, 2.05) is 0 Å². The molecule has 8 heteroatoms. The van der Waals surface area contributed by atoms with Crippen molar-refractivity contribution in [1.29, 1.82) is 0 Å². The molecule has 0 aromatic heterocycles. The van der Waals surface area contributed by atoms with E-state index in [9.17, 15) is 18.3 Å². The molecule has 0 aliphatic carbocycles. The number of aliphatic hydroxyl groups excluding tert-OH is 1. The van der Waals surface area contributed by atoms with E-state index in [-0.39, 0.29) is 17.9 Å². The second-order valence-electron chi connectivity index (χ2n) is 6.43. The summed E-state index contributed by atoms with van der Waals surface area (Å²) in [5, 5.41) is 23.2. The average molecular weight is 412 g/mol. The number of aromatic hydroxyl groups is 1. The van der Waals surface area contributed by atoms with Gasteiger partial charge in [0.1, 0.15) is 5.75 Å². The lowest BCUT2D eigenvalue weighted by molar-refractivity contribution is 0.102. The molecule has 4 N–H and O–H groups in total. The fourth-order valence-electron chi connectivity index (χ4n) is 2.89. The SMILES string of the molecule is CS(=O)(=O)Nc1ccc2c(NC(=O)c3cc(/C=C/CO)ccc3O)cccc2c1. The molecule has 0 atom stereocenters. The van der Waals surface area contributed by atoms with E-state index in [0.29, 0.717) is 16.9 Å². The molecule has 3 aromatic rings. The minimum absolute atomic E-state index is 0.0949. The van der Waals surface area contributed by atoms with Gasteiger partial charge in [0.05, 0.1) is 18.4 Å². The van der Waals surface area contributed by atoms with Crippen LogP contribution in [-0.4, -0.2) is 37.4 Å². The Labute approximate surface area is 168 Å². The van der Waals surface area contributed by atoms with E-state index in [0.717, 1.165) is 17.0 Å². The number of hydrogen-bond donors (Lipinski definition) is 4. The van der Waals surface area contributed by atoms with Crippen molar-refractivity contribution in [3.05, 3.63) is 71.8 Å². The molecule has 0 saturated carbocycles. The molecule has 150 valence electrons. The van der Waals surface area contributed by atoms with Gasteiger partial charge < -0.3 is 15.5 Å². The Morgan fingerprint density at radius 3 is 2.62 bits per heavy atom. The lowest BCUT2D eigenvalue weighted by atomic mass is 10.1. The van der Waals surface area contributed by atoms with E-state index in [1.54, 1.807) is 48.5 Å². The van der Waals surface area contributed by atoms with Crippen LogP contribution in [-0.2, 0) is 10.0 Å². The summed E-state index contributed by atoms with van der Waals surface area (Å²) >= 11 is 0. The van der Waals surface area contributed by atoms with Crippen LogP contribution in [0.5, 0.6) is 5.75 Å². The van der Waals surface area contributed by atoms with Gasteiger partial charge in [-0.25, -0.2) is 8.42 Å². The number of nitrogens with one attached hydrogen (secondary N) is 2. The average Bonchev–Trinajstić information content (AvgIpc) is 2.66. The van der Waals surface area contributed by atoms with Gasteiger partial charge in [-0.3, -0.25) is 9.52 Å². The highest BCUT2D eigenvalue weighted by molar-refractivity contribution is 7.92. The first-order valence-corrected chi connectivity index (χ1v) is 10.6. The summed E-state index contributed by atoms with van der Waals surface area (Å²) < 4.78 is 25.3. The standard InChI is InChI=1S/C21H20N2O5S/c1-29(27,28)23-16-8-9-17-15(13-16)5-2-6-19(17)22-21(26)18-12-14(4-3-11-24)7-10-20(18)25/h2-10,12-13,23-25H,11H2,1H3,(H,22,26)/b4-3+. The number of carbonyl (C=O) groups excluding carboxylic acids is 1. The number of hydrogen-bond acceptors (Lipinski definition) is 5. The first-order chi connectivity index (χ1) is 13.8. The maximum absolute atomic E-state index is 12.7. The topological polar surface area (TPSA) is 116 Å². The first-order valence-electron chi connectivity index (χ1n) is 8.69. The Bertz CT molecular complexity index is 1200. The third-order valence-electron chi connectivity index (χ3n) is 4.11. The summed E-state index contributed by atoms with van der Waals surface area (Å²) in [5.74, 6) is -0.656. The van der Waals surface area contributed by atoms with Crippen LogP contribution < -0.4 is 10.0 Å². The third kappa shape index (κ3) is 5.13. The summed E-state index contributed by atoms with van der Waals surface area (Å²) in [6.07, 6.45) is 4.25. The number of anilines is 2. The lowest BCUT2D eigenvalue weighted by Crippen LogP contribution is -2.13. The van der Waals surface area contributed by atoms with Crippen LogP contribution in [0.3, 0.4) is 0 Å². The van der Waals surface area contributed by atoms with E-state index < -0.39 is 15.9 Å². The van der Waals surface area contributed by atoms with Crippen molar-refractivity contribution < 1.29 is 23.4 Å². The number of sulfonamides is 1. The molecule has 0 saturated heterocycles. The second kappa shape index (κ2) is 8.34. The van der Waals surface area contributed by atoms with Crippen molar-refractivity contribution in [1.82, 2.24) is 0 Å². The summed E-state index contributed by atoms with van der Waals surface area (Å²) in [7, 11) is -3.40. The number of amides is 1. The van der Waals surface area contributed by atoms with Crippen LogP contribution in [0, 0.1) is 0 Å². The van der Waals surface area contributed by atoms with Crippen LogP contribution in [0.2, 0.25) is 0 Å². The zero-order valence-electron chi connectivity index (χ0n) is 15.6. The molecule has 0 spiro atoms. The van der Waals surface area contributed by atoms with Gasteiger partial charge in [0.25, 0.3) is 5.91 Å². The molecular formula is C21H20N2O5S. The summed E-state index contributed by atoms with van der Waals surface area (Å²) in [5.41, 5.74) is 1.70. The van der Waals surface area contributed by atoms with Crippen LogP contribution in [0.25, 0.3) is 16.8 Å². The van der Waals surface area contributed by atoms with Gasteiger partial charge in [0.2, 0.25) is 10.0 Å². The van der Waals surface area contributed by atoms with Gasteiger partial charge in [-0.1, -0.05) is 36.4 Å². The summed E-state index contributed by atoms with van der Waals surface area (Å²) in [4.78, 5) is 12.7. The van der Waals surface area contributed by atoms with E-state index >= 15 is 0 Å². The Morgan fingerprint density at radius 1 is 1.10 bits per heavy atom. The van der Waals surface area contributed by atoms with Gasteiger partial charge >= 0.3 is 0 Å². The van der Waals surface area contributed by atoms with Crippen LogP contribution in [0.4, 0.5) is 11.4 Å². The summed E-state index contributed by atoms with van der Waals surface area (Å²) in [6, 6.07) is 14.8. The molecule has 0 unspecified atom stereocenters. The quantitative estimate of drug-likeness (QED) is 0.496. The van der Waals surface area contributed by atoms with Crippen LogP contribution >= 0.6 is 0 Å². The van der Waals surface area contributed by atoms with Gasteiger partial charge in [0, 0.05) is 16.8 Å². The lowest BCUT2D eigenvalue weighted by Gasteiger charge is -2.12. The molecule has 29 heavy (non-hydrogen) atoms. The molecule has 7 nitrogen and oxygen atoms in total. The minimum Gasteiger partial charge on any atom is -0.507 e. The van der Waals surface area contributed by atoms with Crippen molar-refractivity contribution in [2.45, 2.75) is 0 Å². The zero-order valence-corrected chi connectivity index (χ0v) is 16.4. The predicted molar refractivity (Wildman–Crippen MR) is 115 cm³/mol. The van der Waals surface area contributed by atoms with E-state index in [4.69, 9.17) is 5.11 Å². The number of carbonyl (C=O) groups is 1. The number of benzene rings is 3. The second-order valence-corrected chi connectivity index (χ2v) is 8.18. The Kier molecular flexibility index (Phi) is 5.86. The van der Waals surface area contributed by atoms with Crippen molar-refractivity contribution in [2.75, 3.05) is 22.9 Å². The largest absolute Gasteiger partial charge is 0.507 e. The maximum atomic E-state index is 12.7. The predicted octanol–water partition coefficient (Wildman–Crippen LogP) is 3.17. The highest BCUT2D eigenvalue weighted by Gasteiger charge is 2.13. The van der Waals surface area contributed by atoms with Gasteiger partial charge in [-0.2, -0.15) is 0 Å². The fraction of sp³-hybridized carbons (Fsp3) is 0.0952. The third-order valence-corrected chi connectivity index (χ3v) is 4.72.